The van der Waals surface area contributed by atoms with Gasteiger partial charge in [-0.15, -0.1) is 0 Å². The maximum atomic E-state index is 13.5. The number of nitrogens with two attached hydrogens (primary N) is 1. The summed E-state index contributed by atoms with van der Waals surface area (Å²) in [4.78, 5) is 52.2. The molecule has 0 radical (unpaired) electrons. The van der Waals surface area contributed by atoms with Crippen LogP contribution in [0.5, 0.6) is 0 Å². The van der Waals surface area contributed by atoms with Crippen molar-refractivity contribution >= 4 is 39.4 Å². The molecule has 0 saturated carbocycles. The Kier molecular flexibility index (Phi) is 8.69. The number of H-pyrrole nitrogens is 2. The number of amides is 3. The van der Waals surface area contributed by atoms with Crippen LogP contribution >= 0.6 is 0 Å². The predicted octanol–water partition coefficient (Wildman–Crippen LogP) is 2.71. The second kappa shape index (κ2) is 13.1. The molecule has 6 rings (SSSR count). The fraction of sp³-hybridized carbons (Fsp3) is 0.294. The second-order valence-corrected chi connectivity index (χ2v) is 11.5. The molecular formula is C34H37N7O3. The minimum absolute atomic E-state index is 0.140. The lowest BCUT2D eigenvalue weighted by Crippen LogP contribution is -2.44. The van der Waals surface area contributed by atoms with Gasteiger partial charge < -0.3 is 31.2 Å². The molecule has 10 heteroatoms. The Bertz CT molecular complexity index is 1760. The zero-order valence-electron chi connectivity index (χ0n) is 24.5. The Hall–Kier alpha value is -4.96. The first-order valence-corrected chi connectivity index (χ1v) is 15.1. The van der Waals surface area contributed by atoms with Gasteiger partial charge in [-0.25, -0.2) is 4.98 Å². The van der Waals surface area contributed by atoms with Gasteiger partial charge in [0.05, 0.1) is 24.2 Å². The van der Waals surface area contributed by atoms with Gasteiger partial charge >= 0.3 is 0 Å². The van der Waals surface area contributed by atoms with Gasteiger partial charge in [0.2, 0.25) is 17.7 Å². The first-order chi connectivity index (χ1) is 21.5. The zero-order valence-corrected chi connectivity index (χ0v) is 24.5. The summed E-state index contributed by atoms with van der Waals surface area (Å²) in [5.41, 5.74) is 10.4. The van der Waals surface area contributed by atoms with Crippen molar-refractivity contribution < 1.29 is 14.4 Å². The predicted molar refractivity (Wildman–Crippen MR) is 170 cm³/mol. The number of para-hydroxylation sites is 1. The summed E-state index contributed by atoms with van der Waals surface area (Å²) < 4.78 is 0. The summed E-state index contributed by atoms with van der Waals surface area (Å²) in [5, 5.41) is 9.30. The lowest BCUT2D eigenvalue weighted by molar-refractivity contribution is -0.132. The number of nitrogens with zero attached hydrogens (tertiary/aromatic N) is 2. The highest BCUT2D eigenvalue weighted by Gasteiger charge is 2.44. The van der Waals surface area contributed by atoms with Crippen LogP contribution in [0.1, 0.15) is 16.8 Å². The van der Waals surface area contributed by atoms with Gasteiger partial charge in [-0.05, 0) is 40.8 Å². The van der Waals surface area contributed by atoms with Gasteiger partial charge in [0.25, 0.3) is 0 Å². The minimum atomic E-state index is -0.788. The van der Waals surface area contributed by atoms with Crippen LogP contribution in [0.3, 0.4) is 0 Å². The number of nitrogens with one attached hydrogen (secondary N) is 4. The third kappa shape index (κ3) is 6.50. The van der Waals surface area contributed by atoms with Crippen LogP contribution in [-0.4, -0.2) is 69.8 Å². The maximum absolute atomic E-state index is 13.5. The minimum Gasteiger partial charge on any atom is -0.361 e. The lowest BCUT2D eigenvalue weighted by Gasteiger charge is -2.21. The van der Waals surface area contributed by atoms with Gasteiger partial charge in [0.1, 0.15) is 0 Å². The van der Waals surface area contributed by atoms with Gasteiger partial charge in [-0.2, -0.15) is 0 Å². The van der Waals surface area contributed by atoms with Gasteiger partial charge in [0.15, 0.2) is 0 Å². The Balaban J connectivity index is 1.11. The summed E-state index contributed by atoms with van der Waals surface area (Å²) in [7, 11) is 0. The van der Waals surface area contributed by atoms with Crippen molar-refractivity contribution in [2.45, 2.75) is 25.3 Å². The Labute approximate surface area is 255 Å². The third-order valence-corrected chi connectivity index (χ3v) is 8.51. The van der Waals surface area contributed by atoms with E-state index >= 15 is 0 Å². The monoisotopic (exact) mass is 591 g/mol. The number of carbonyl (C=O) groups is 3. The fourth-order valence-electron chi connectivity index (χ4n) is 6.12. The van der Waals surface area contributed by atoms with E-state index in [1.165, 1.54) is 0 Å². The molecular weight excluding hydrogens is 554 g/mol. The molecule has 0 bridgehead atoms. The Morgan fingerprint density at radius 1 is 0.886 bits per heavy atom. The van der Waals surface area contributed by atoms with Gasteiger partial charge in [-0.3, -0.25) is 14.4 Å². The van der Waals surface area contributed by atoms with E-state index in [0.29, 0.717) is 32.4 Å². The number of hydrogen-bond acceptors (Lipinski definition) is 5. The van der Waals surface area contributed by atoms with Crippen LogP contribution in [0.15, 0.2) is 85.5 Å². The summed E-state index contributed by atoms with van der Waals surface area (Å²) in [5.74, 6) is -2.11. The Morgan fingerprint density at radius 2 is 1.59 bits per heavy atom. The third-order valence-electron chi connectivity index (χ3n) is 8.51. The molecule has 1 aliphatic rings. The van der Waals surface area contributed by atoms with Gasteiger partial charge in [0, 0.05) is 61.6 Å². The number of likely N-dealkylation sites (tertiary alicyclic amines) is 1. The quantitative estimate of drug-likeness (QED) is 0.160. The van der Waals surface area contributed by atoms with Crippen molar-refractivity contribution in [1.82, 2.24) is 30.5 Å². The number of aromatic nitrogens is 3. The molecule has 0 aliphatic carbocycles. The van der Waals surface area contributed by atoms with Crippen LogP contribution in [0.25, 0.3) is 21.7 Å². The van der Waals surface area contributed by atoms with E-state index in [9.17, 15) is 14.4 Å². The molecule has 44 heavy (non-hydrogen) atoms. The summed E-state index contributed by atoms with van der Waals surface area (Å²) in [6.07, 6.45) is 6.85. The molecule has 3 heterocycles. The molecule has 1 aliphatic heterocycles. The molecule has 3 amide bonds. The largest absolute Gasteiger partial charge is 0.361 e. The fourth-order valence-corrected chi connectivity index (χ4v) is 6.12. The lowest BCUT2D eigenvalue weighted by atomic mass is 9.94. The topological polar surface area (TPSA) is 149 Å². The summed E-state index contributed by atoms with van der Waals surface area (Å²) in [6, 6.07) is 21.3. The summed E-state index contributed by atoms with van der Waals surface area (Å²) >= 11 is 0. The van der Waals surface area contributed by atoms with Crippen LogP contribution in [0.4, 0.5) is 0 Å². The van der Waals surface area contributed by atoms with Crippen LogP contribution in [0.2, 0.25) is 0 Å². The van der Waals surface area contributed by atoms with E-state index in [-0.39, 0.29) is 30.8 Å². The average molecular weight is 592 g/mol. The normalized spacial score (nSPS) is 17.2. The van der Waals surface area contributed by atoms with E-state index in [0.717, 1.165) is 38.5 Å². The van der Waals surface area contributed by atoms with Crippen molar-refractivity contribution in [1.29, 1.82) is 0 Å². The van der Waals surface area contributed by atoms with Crippen molar-refractivity contribution in [3.05, 3.63) is 102 Å². The van der Waals surface area contributed by atoms with E-state index in [1.807, 2.05) is 72.9 Å². The summed E-state index contributed by atoms with van der Waals surface area (Å²) in [6.45, 7) is 1.09. The highest BCUT2D eigenvalue weighted by Crippen LogP contribution is 2.26. The molecule has 2 aromatic heterocycles. The van der Waals surface area contributed by atoms with E-state index in [1.54, 1.807) is 17.4 Å². The highest BCUT2D eigenvalue weighted by atomic mass is 16.2. The second-order valence-electron chi connectivity index (χ2n) is 11.5. The SMILES string of the molecule is N[C@@H](Cc1ccc2ccccc2c1)C(=O)N1C[C@@H](C(=O)NCCc2cnc[nH]2)[C@H](C(=O)NCCc2c[nH]c3ccccc23)C1. The van der Waals surface area contributed by atoms with Crippen LogP contribution in [-0.2, 0) is 33.6 Å². The molecule has 0 spiro atoms. The molecule has 5 aromatic rings. The van der Waals surface area contributed by atoms with E-state index in [2.05, 4.69) is 25.6 Å². The standard InChI is InChI=1S/C34H37N7O3/c35-30(16-22-9-10-23-5-1-2-6-24(23)15-22)34(44)41-19-28(29(20-41)33(43)38-14-12-26-18-36-21-40-26)32(42)37-13-11-25-17-39-31-8-4-3-7-27(25)31/h1-10,15,17-18,21,28-30,39H,11-14,16,19-20,35H2,(H,36,40)(H,37,42)(H,38,43)/t28-,29-,30+/m1/s1. The molecule has 226 valence electrons. The molecule has 0 unspecified atom stereocenters. The molecule has 3 atom stereocenters. The van der Waals surface area contributed by atoms with Crippen molar-refractivity contribution in [2.24, 2.45) is 17.6 Å². The zero-order chi connectivity index (χ0) is 30.5. The number of rotatable bonds is 11. The number of imidazole rings is 1. The number of benzene rings is 3. The van der Waals surface area contributed by atoms with Crippen molar-refractivity contribution in [3.63, 3.8) is 0 Å². The first-order valence-electron chi connectivity index (χ1n) is 15.1. The number of hydrogen-bond donors (Lipinski definition) is 5. The molecule has 1 fully saturated rings. The first kappa shape index (κ1) is 29.1. The number of fused-ring (bicyclic) bond motifs is 2. The van der Waals surface area contributed by atoms with Gasteiger partial charge in [-0.1, -0.05) is 60.7 Å². The Morgan fingerprint density at radius 3 is 2.34 bits per heavy atom. The van der Waals surface area contributed by atoms with Crippen LogP contribution in [0, 0.1) is 11.8 Å². The highest BCUT2D eigenvalue weighted by molar-refractivity contribution is 5.91. The number of carbonyl (C=O) groups excluding carboxylic acids is 3. The molecule has 1 saturated heterocycles. The van der Waals surface area contributed by atoms with E-state index < -0.39 is 17.9 Å². The molecule has 6 N–H and O–H groups in total. The molecule has 3 aromatic carbocycles. The van der Waals surface area contributed by atoms with E-state index in [4.69, 9.17) is 5.73 Å². The van der Waals surface area contributed by atoms with Crippen LogP contribution < -0.4 is 16.4 Å². The van der Waals surface area contributed by atoms with Crippen molar-refractivity contribution in [2.75, 3.05) is 26.2 Å². The molecule has 10 nitrogen and oxygen atoms in total. The maximum Gasteiger partial charge on any atom is 0.239 e. The average Bonchev–Trinajstić information content (AvgIpc) is 3.81. The smallest absolute Gasteiger partial charge is 0.239 e. The number of aromatic amines is 2. The van der Waals surface area contributed by atoms with Crippen molar-refractivity contribution in [3.8, 4) is 0 Å².